The van der Waals surface area contributed by atoms with Gasteiger partial charge in [0.25, 0.3) is 0 Å². The minimum atomic E-state index is -0.211. The fourth-order valence-electron chi connectivity index (χ4n) is 2.62. The summed E-state index contributed by atoms with van der Waals surface area (Å²) in [5, 5.41) is 9.20. The van der Waals surface area contributed by atoms with Gasteiger partial charge < -0.3 is 4.90 Å². The summed E-state index contributed by atoms with van der Waals surface area (Å²) >= 11 is 0. The molecule has 0 bridgehead atoms. The molecule has 1 aromatic carbocycles. The van der Waals surface area contributed by atoms with Gasteiger partial charge in [0.05, 0.1) is 11.3 Å². The Morgan fingerprint density at radius 3 is 2.95 bits per heavy atom. The molecular weight excluding hydrogens is 253 g/mol. The van der Waals surface area contributed by atoms with E-state index in [9.17, 15) is 9.65 Å². The number of fused-ring (bicyclic) bond motifs is 1. The molecule has 0 saturated heterocycles. The van der Waals surface area contributed by atoms with Crippen LogP contribution in [0.2, 0.25) is 0 Å². The van der Waals surface area contributed by atoms with Crippen molar-refractivity contribution in [1.82, 2.24) is 4.98 Å². The molecule has 2 aromatic rings. The van der Waals surface area contributed by atoms with E-state index in [1.54, 1.807) is 12.3 Å². The van der Waals surface area contributed by atoms with E-state index in [1.165, 1.54) is 11.6 Å². The number of pyridine rings is 1. The number of benzene rings is 1. The number of anilines is 1. The number of hydrogen-bond donors (Lipinski definition) is 0. The second-order valence-electron chi connectivity index (χ2n) is 5.04. The molecule has 0 saturated carbocycles. The minimum Gasteiger partial charge on any atom is -0.366 e. The van der Waals surface area contributed by atoms with E-state index in [0.717, 1.165) is 29.9 Å². The Bertz CT molecular complexity index is 703. The first kappa shape index (κ1) is 12.6. The van der Waals surface area contributed by atoms with Crippen LogP contribution in [0, 0.1) is 24.1 Å². The Labute approximate surface area is 117 Å². The molecule has 2 heterocycles. The van der Waals surface area contributed by atoms with Crippen LogP contribution in [0.1, 0.15) is 22.4 Å². The summed E-state index contributed by atoms with van der Waals surface area (Å²) in [6, 6.07) is 9.04. The van der Waals surface area contributed by atoms with Gasteiger partial charge in [-0.2, -0.15) is 5.26 Å². The van der Waals surface area contributed by atoms with Gasteiger partial charge >= 0.3 is 0 Å². The number of rotatable bonds is 1. The maximum absolute atomic E-state index is 13.4. The number of halogens is 1. The number of hydrogen-bond acceptors (Lipinski definition) is 3. The molecule has 0 spiro atoms. The fourth-order valence-corrected chi connectivity index (χ4v) is 2.62. The molecule has 0 amide bonds. The lowest BCUT2D eigenvalue weighted by atomic mass is 9.98. The topological polar surface area (TPSA) is 39.9 Å². The van der Waals surface area contributed by atoms with Crippen LogP contribution in [0.25, 0.3) is 0 Å². The van der Waals surface area contributed by atoms with Crippen molar-refractivity contribution in [2.45, 2.75) is 19.9 Å². The van der Waals surface area contributed by atoms with Gasteiger partial charge in [-0.05, 0) is 42.7 Å². The molecule has 0 aliphatic carbocycles. The van der Waals surface area contributed by atoms with E-state index < -0.39 is 0 Å². The molecule has 3 rings (SSSR count). The highest BCUT2D eigenvalue weighted by Gasteiger charge is 2.19. The van der Waals surface area contributed by atoms with Crippen LogP contribution in [-0.2, 0) is 13.0 Å². The van der Waals surface area contributed by atoms with Gasteiger partial charge in [-0.25, -0.2) is 4.39 Å². The quantitative estimate of drug-likeness (QED) is 0.797. The average molecular weight is 267 g/mol. The van der Waals surface area contributed by atoms with Crippen LogP contribution in [0.15, 0.2) is 30.5 Å². The van der Waals surface area contributed by atoms with Crippen molar-refractivity contribution in [3.05, 3.63) is 58.7 Å². The lowest BCUT2D eigenvalue weighted by molar-refractivity contribution is 0.619. The van der Waals surface area contributed by atoms with E-state index in [0.29, 0.717) is 12.1 Å². The lowest BCUT2D eigenvalue weighted by Crippen LogP contribution is -2.31. The predicted octanol–water partition coefficient (Wildman–Crippen LogP) is 2.96. The Kier molecular flexibility index (Phi) is 3.11. The average Bonchev–Trinajstić information content (AvgIpc) is 2.46. The van der Waals surface area contributed by atoms with Gasteiger partial charge in [0.1, 0.15) is 11.9 Å². The molecule has 0 N–H and O–H groups in total. The standard InChI is InChI=1S/C16H14FN3/c1-11-6-16(14(8-18)9-19-11)20-5-4-12-2-3-15(17)7-13(12)10-20/h2-3,6-7,9H,4-5,10H2,1H3. The van der Waals surface area contributed by atoms with Gasteiger partial charge in [-0.3, -0.25) is 4.98 Å². The van der Waals surface area contributed by atoms with Crippen molar-refractivity contribution in [2.24, 2.45) is 0 Å². The lowest BCUT2D eigenvalue weighted by Gasteiger charge is -2.31. The molecule has 20 heavy (non-hydrogen) atoms. The van der Waals surface area contributed by atoms with Gasteiger partial charge in [-0.1, -0.05) is 6.07 Å². The fraction of sp³-hybridized carbons (Fsp3) is 0.250. The van der Waals surface area contributed by atoms with E-state index in [4.69, 9.17) is 0 Å². The third kappa shape index (κ3) is 2.23. The molecule has 100 valence electrons. The maximum Gasteiger partial charge on any atom is 0.123 e. The summed E-state index contributed by atoms with van der Waals surface area (Å²) < 4.78 is 13.4. The molecule has 0 atom stereocenters. The molecule has 1 aliphatic heterocycles. The second-order valence-corrected chi connectivity index (χ2v) is 5.04. The number of aryl methyl sites for hydroxylation is 1. The highest BCUT2D eigenvalue weighted by molar-refractivity contribution is 5.60. The number of aromatic nitrogens is 1. The molecule has 3 nitrogen and oxygen atoms in total. The first-order valence-corrected chi connectivity index (χ1v) is 6.56. The minimum absolute atomic E-state index is 0.211. The number of nitriles is 1. The van der Waals surface area contributed by atoms with E-state index in [2.05, 4.69) is 16.0 Å². The summed E-state index contributed by atoms with van der Waals surface area (Å²) in [4.78, 5) is 6.27. The van der Waals surface area contributed by atoms with Gasteiger partial charge in [-0.15, -0.1) is 0 Å². The Morgan fingerprint density at radius 2 is 2.15 bits per heavy atom. The summed E-state index contributed by atoms with van der Waals surface area (Å²) in [6.07, 6.45) is 2.47. The first-order chi connectivity index (χ1) is 9.67. The van der Waals surface area contributed by atoms with Crippen LogP contribution in [0.3, 0.4) is 0 Å². The molecule has 0 unspecified atom stereocenters. The monoisotopic (exact) mass is 267 g/mol. The highest BCUT2D eigenvalue weighted by Crippen LogP contribution is 2.27. The van der Waals surface area contributed by atoms with Gasteiger partial charge in [0.2, 0.25) is 0 Å². The molecule has 1 aliphatic rings. The van der Waals surface area contributed by atoms with Crippen LogP contribution in [-0.4, -0.2) is 11.5 Å². The largest absolute Gasteiger partial charge is 0.366 e. The smallest absolute Gasteiger partial charge is 0.123 e. The summed E-state index contributed by atoms with van der Waals surface area (Å²) in [5.74, 6) is -0.211. The second kappa shape index (κ2) is 4.93. The molecule has 1 aromatic heterocycles. The summed E-state index contributed by atoms with van der Waals surface area (Å²) in [6.45, 7) is 3.37. The predicted molar refractivity (Wildman–Crippen MR) is 74.8 cm³/mol. The van der Waals surface area contributed by atoms with Crippen molar-refractivity contribution >= 4 is 5.69 Å². The SMILES string of the molecule is Cc1cc(N2CCc3ccc(F)cc3C2)c(C#N)cn1. The summed E-state index contributed by atoms with van der Waals surface area (Å²) in [7, 11) is 0. The zero-order chi connectivity index (χ0) is 14.1. The van der Waals surface area contributed by atoms with Crippen molar-refractivity contribution in [3.8, 4) is 6.07 Å². The Morgan fingerprint density at radius 1 is 1.30 bits per heavy atom. The molecular formula is C16H14FN3. The van der Waals surface area contributed by atoms with Crippen molar-refractivity contribution in [2.75, 3.05) is 11.4 Å². The van der Waals surface area contributed by atoms with Crippen LogP contribution < -0.4 is 4.90 Å². The zero-order valence-electron chi connectivity index (χ0n) is 11.2. The first-order valence-electron chi connectivity index (χ1n) is 6.56. The van der Waals surface area contributed by atoms with E-state index in [1.807, 2.05) is 19.1 Å². The number of nitrogens with zero attached hydrogens (tertiary/aromatic N) is 3. The van der Waals surface area contributed by atoms with Crippen molar-refractivity contribution in [1.29, 1.82) is 5.26 Å². The normalized spacial score (nSPS) is 13.8. The molecule has 4 heteroatoms. The third-order valence-electron chi connectivity index (χ3n) is 3.66. The Hall–Kier alpha value is -2.41. The molecule has 0 radical (unpaired) electrons. The highest BCUT2D eigenvalue weighted by atomic mass is 19.1. The zero-order valence-corrected chi connectivity index (χ0v) is 11.2. The van der Waals surface area contributed by atoms with E-state index >= 15 is 0 Å². The van der Waals surface area contributed by atoms with Crippen molar-refractivity contribution in [3.63, 3.8) is 0 Å². The van der Waals surface area contributed by atoms with Crippen molar-refractivity contribution < 1.29 is 4.39 Å². The third-order valence-corrected chi connectivity index (χ3v) is 3.66. The van der Waals surface area contributed by atoms with E-state index in [-0.39, 0.29) is 5.82 Å². The van der Waals surface area contributed by atoms with Crippen LogP contribution in [0.4, 0.5) is 10.1 Å². The molecule has 0 fully saturated rings. The van der Waals surface area contributed by atoms with Gasteiger partial charge in [0.15, 0.2) is 0 Å². The Balaban J connectivity index is 1.98. The van der Waals surface area contributed by atoms with Crippen LogP contribution >= 0.6 is 0 Å². The summed E-state index contributed by atoms with van der Waals surface area (Å²) in [5.41, 5.74) is 4.51. The van der Waals surface area contributed by atoms with Gasteiger partial charge in [0, 0.05) is 25.0 Å². The van der Waals surface area contributed by atoms with Crippen LogP contribution in [0.5, 0.6) is 0 Å². The maximum atomic E-state index is 13.4.